The smallest absolute Gasteiger partial charge is 0.325 e. The molecular weight excluding hydrogens is 382 g/mol. The molecule has 1 aliphatic rings. The van der Waals surface area contributed by atoms with E-state index >= 15 is 0 Å². The van der Waals surface area contributed by atoms with Gasteiger partial charge in [0.05, 0.1) is 12.0 Å². The summed E-state index contributed by atoms with van der Waals surface area (Å²) in [7, 11) is 1.28. The van der Waals surface area contributed by atoms with Gasteiger partial charge in [-0.3, -0.25) is 24.5 Å². The zero-order chi connectivity index (χ0) is 21.6. The van der Waals surface area contributed by atoms with E-state index in [0.29, 0.717) is 24.9 Å². The molecule has 2 amide bonds. The van der Waals surface area contributed by atoms with Crippen LogP contribution in [-0.2, 0) is 14.3 Å². The van der Waals surface area contributed by atoms with Gasteiger partial charge < -0.3 is 19.7 Å². The zero-order valence-corrected chi connectivity index (χ0v) is 16.7. The van der Waals surface area contributed by atoms with Crippen LogP contribution in [0, 0.1) is 22.0 Å². The first-order valence-corrected chi connectivity index (χ1v) is 9.25. The average molecular weight is 407 g/mol. The van der Waals surface area contributed by atoms with Crippen LogP contribution in [0.15, 0.2) is 18.2 Å². The number of methoxy groups -OCH3 is 1. The van der Waals surface area contributed by atoms with E-state index in [9.17, 15) is 24.5 Å². The Bertz CT molecular complexity index is 786. The lowest BCUT2D eigenvalue weighted by Crippen LogP contribution is -2.44. The topological polar surface area (TPSA) is 128 Å². The summed E-state index contributed by atoms with van der Waals surface area (Å²) in [5.74, 6) is -0.914. The van der Waals surface area contributed by atoms with Crippen molar-refractivity contribution in [3.05, 3.63) is 33.9 Å². The lowest BCUT2D eigenvalue weighted by molar-refractivity contribution is -0.385. The maximum Gasteiger partial charge on any atom is 0.325 e. The molecule has 0 saturated carbocycles. The summed E-state index contributed by atoms with van der Waals surface area (Å²) in [6.07, 6.45) is 1.05. The lowest BCUT2D eigenvalue weighted by Gasteiger charge is -2.34. The van der Waals surface area contributed by atoms with Crippen molar-refractivity contribution in [3.63, 3.8) is 0 Å². The van der Waals surface area contributed by atoms with Crippen LogP contribution in [0.1, 0.15) is 30.6 Å². The van der Waals surface area contributed by atoms with E-state index in [-0.39, 0.29) is 29.5 Å². The van der Waals surface area contributed by atoms with Gasteiger partial charge in [0.1, 0.15) is 6.54 Å². The number of hydrogen-bond donors (Lipinski definition) is 1. The largest absolute Gasteiger partial charge is 0.490 e. The van der Waals surface area contributed by atoms with Crippen molar-refractivity contribution < 1.29 is 28.8 Å². The Morgan fingerprint density at radius 3 is 2.48 bits per heavy atom. The highest BCUT2D eigenvalue weighted by molar-refractivity contribution is 5.97. The number of nitrogens with zero attached hydrogens (tertiary/aromatic N) is 2. The van der Waals surface area contributed by atoms with Crippen molar-refractivity contribution >= 4 is 23.5 Å². The van der Waals surface area contributed by atoms with Crippen molar-refractivity contribution in [3.8, 4) is 5.75 Å². The molecule has 0 radical (unpaired) electrons. The van der Waals surface area contributed by atoms with Crippen molar-refractivity contribution in [1.82, 2.24) is 10.2 Å². The summed E-state index contributed by atoms with van der Waals surface area (Å²) >= 11 is 0. The van der Waals surface area contributed by atoms with E-state index in [4.69, 9.17) is 9.47 Å². The quantitative estimate of drug-likeness (QED) is 0.411. The van der Waals surface area contributed by atoms with Crippen LogP contribution in [0.5, 0.6) is 5.75 Å². The molecule has 1 aromatic rings. The summed E-state index contributed by atoms with van der Waals surface area (Å²) < 4.78 is 9.81. The number of nitro benzene ring substituents is 1. The van der Waals surface area contributed by atoms with Crippen molar-refractivity contribution in [2.75, 3.05) is 33.4 Å². The maximum atomic E-state index is 12.2. The highest BCUT2D eigenvalue weighted by Crippen LogP contribution is 2.27. The van der Waals surface area contributed by atoms with Crippen LogP contribution in [-0.4, -0.2) is 61.0 Å². The van der Waals surface area contributed by atoms with Crippen LogP contribution >= 0.6 is 0 Å². The molecule has 29 heavy (non-hydrogen) atoms. The Labute approximate surface area is 168 Å². The van der Waals surface area contributed by atoms with Gasteiger partial charge in [0.2, 0.25) is 0 Å². The van der Waals surface area contributed by atoms with Crippen molar-refractivity contribution in [1.29, 1.82) is 0 Å². The van der Waals surface area contributed by atoms with E-state index in [1.807, 2.05) is 0 Å². The normalized spacial score (nSPS) is 18.7. The molecule has 0 unspecified atom stereocenters. The Morgan fingerprint density at radius 2 is 1.90 bits per heavy atom. The van der Waals surface area contributed by atoms with Crippen LogP contribution in [0.4, 0.5) is 5.69 Å². The monoisotopic (exact) mass is 407 g/mol. The highest BCUT2D eigenvalue weighted by Gasteiger charge is 2.26. The second-order valence-corrected chi connectivity index (χ2v) is 7.23. The number of ether oxygens (including phenoxy) is 2. The number of amides is 2. The number of carbonyl (C=O) groups is 3. The molecule has 0 spiro atoms. The van der Waals surface area contributed by atoms with Crippen LogP contribution in [0.2, 0.25) is 0 Å². The number of benzene rings is 1. The summed E-state index contributed by atoms with van der Waals surface area (Å²) in [5.41, 5.74) is -0.365. The van der Waals surface area contributed by atoms with E-state index in [1.165, 1.54) is 19.2 Å². The number of nitrogens with one attached hydrogen (secondary N) is 1. The molecule has 158 valence electrons. The van der Waals surface area contributed by atoms with E-state index in [2.05, 4.69) is 19.2 Å². The third-order valence-electron chi connectivity index (χ3n) is 4.61. The van der Waals surface area contributed by atoms with E-state index in [1.54, 1.807) is 4.90 Å². The zero-order valence-electron chi connectivity index (χ0n) is 16.7. The van der Waals surface area contributed by atoms with Crippen LogP contribution < -0.4 is 10.1 Å². The molecule has 1 aliphatic heterocycles. The molecule has 2 atom stereocenters. The molecule has 1 fully saturated rings. The standard InChI is InChI=1S/C19H25N3O7/c1-12-6-13(2)10-21(9-12)17(23)11-29-18(24)8-20-19(25)14-4-5-16(28-3)15(7-14)22(26)27/h4-5,7,12-13H,6,8-11H2,1-3H3,(H,20,25)/t12-,13-/m0/s1. The minimum absolute atomic E-state index is 0.00216. The molecule has 0 bridgehead atoms. The fourth-order valence-corrected chi connectivity index (χ4v) is 3.38. The van der Waals surface area contributed by atoms with Crippen LogP contribution in [0.3, 0.4) is 0 Å². The molecule has 1 aromatic carbocycles. The van der Waals surface area contributed by atoms with Gasteiger partial charge in [-0.25, -0.2) is 0 Å². The fraction of sp³-hybridized carbons (Fsp3) is 0.526. The molecule has 1 N–H and O–H groups in total. The van der Waals surface area contributed by atoms with E-state index in [0.717, 1.165) is 12.5 Å². The Balaban J connectivity index is 1.83. The number of rotatable bonds is 7. The van der Waals surface area contributed by atoms with Crippen molar-refractivity contribution in [2.24, 2.45) is 11.8 Å². The summed E-state index contributed by atoms with van der Waals surface area (Å²) in [4.78, 5) is 48.2. The number of carbonyl (C=O) groups excluding carboxylic acids is 3. The van der Waals surface area contributed by atoms with Crippen LogP contribution in [0.25, 0.3) is 0 Å². The predicted octanol–water partition coefficient (Wildman–Crippen LogP) is 1.38. The summed E-state index contributed by atoms with van der Waals surface area (Å²) in [6, 6.07) is 3.70. The number of likely N-dealkylation sites (tertiary alicyclic amines) is 1. The highest BCUT2D eigenvalue weighted by atomic mass is 16.6. The first-order valence-electron chi connectivity index (χ1n) is 9.25. The van der Waals surface area contributed by atoms with Crippen molar-refractivity contribution in [2.45, 2.75) is 20.3 Å². The second kappa shape index (κ2) is 9.85. The first-order chi connectivity index (χ1) is 13.7. The van der Waals surface area contributed by atoms with Gasteiger partial charge in [-0.15, -0.1) is 0 Å². The lowest BCUT2D eigenvalue weighted by atomic mass is 9.92. The predicted molar refractivity (Wildman–Crippen MR) is 102 cm³/mol. The van der Waals surface area contributed by atoms with Gasteiger partial charge in [-0.2, -0.15) is 0 Å². The number of hydrogen-bond acceptors (Lipinski definition) is 7. The first kappa shape index (κ1) is 22.1. The molecule has 10 nitrogen and oxygen atoms in total. The average Bonchev–Trinajstić information content (AvgIpc) is 2.68. The van der Waals surface area contributed by atoms with Gasteiger partial charge in [-0.05, 0) is 30.4 Å². The molecule has 2 rings (SSSR count). The third-order valence-corrected chi connectivity index (χ3v) is 4.61. The summed E-state index contributed by atoms with van der Waals surface area (Å²) in [6.45, 7) is 4.56. The van der Waals surface area contributed by atoms with Gasteiger partial charge in [0, 0.05) is 24.7 Å². The molecule has 1 heterocycles. The molecule has 0 aliphatic carbocycles. The minimum atomic E-state index is -0.771. The Hall–Kier alpha value is -3.17. The third kappa shape index (κ3) is 6.16. The maximum absolute atomic E-state index is 12.2. The fourth-order valence-electron chi connectivity index (χ4n) is 3.38. The number of nitro groups is 1. The van der Waals surface area contributed by atoms with Gasteiger partial charge in [0.25, 0.3) is 11.8 Å². The van der Waals surface area contributed by atoms with E-state index < -0.39 is 23.3 Å². The second-order valence-electron chi connectivity index (χ2n) is 7.23. The summed E-state index contributed by atoms with van der Waals surface area (Å²) in [5, 5.41) is 13.3. The van der Waals surface area contributed by atoms with Gasteiger partial charge in [0.15, 0.2) is 12.4 Å². The molecule has 10 heteroatoms. The SMILES string of the molecule is COc1ccc(C(=O)NCC(=O)OCC(=O)N2C[C@@H](C)C[C@H](C)C2)cc1[N+](=O)[O-]. The minimum Gasteiger partial charge on any atom is -0.490 e. The molecule has 0 aromatic heterocycles. The molecular formula is C19H25N3O7. The number of esters is 1. The molecule has 1 saturated heterocycles. The van der Waals surface area contributed by atoms with Gasteiger partial charge >= 0.3 is 11.7 Å². The van der Waals surface area contributed by atoms with Gasteiger partial charge in [-0.1, -0.05) is 13.8 Å². The Kier molecular flexibility index (Phi) is 7.52. The number of piperidine rings is 1. The Morgan fingerprint density at radius 1 is 1.24 bits per heavy atom.